The van der Waals surface area contributed by atoms with Crippen LogP contribution in [-0.4, -0.2) is 14.2 Å². The van der Waals surface area contributed by atoms with Crippen LogP contribution in [0.2, 0.25) is 0 Å². The lowest BCUT2D eigenvalue weighted by Crippen LogP contribution is -2.09. The van der Waals surface area contributed by atoms with E-state index in [0.29, 0.717) is 5.75 Å². The van der Waals surface area contributed by atoms with E-state index in [9.17, 15) is 5.11 Å². The molecule has 20 aromatic rings. The zero-order chi connectivity index (χ0) is 72.8. The summed E-state index contributed by atoms with van der Waals surface area (Å²) in [6, 6.07) is 154. The van der Waals surface area contributed by atoms with E-state index in [2.05, 4.69) is 414 Å². The highest BCUT2D eigenvalue weighted by Gasteiger charge is 2.18. The molecule has 0 amide bonds. The summed E-state index contributed by atoms with van der Waals surface area (Å²) in [4.78, 5) is 2.35. The quantitative estimate of drug-likeness (QED) is 0.121. The minimum absolute atomic E-state index is 0.300. The van der Waals surface area contributed by atoms with Crippen molar-refractivity contribution in [1.82, 2.24) is 9.13 Å². The molecular formula is C104H74N4O. The van der Waals surface area contributed by atoms with Gasteiger partial charge >= 0.3 is 0 Å². The van der Waals surface area contributed by atoms with E-state index >= 15 is 0 Å². The summed E-state index contributed by atoms with van der Waals surface area (Å²) in [5, 5.41) is 22.9. The van der Waals surface area contributed by atoms with E-state index in [4.69, 9.17) is 0 Å². The van der Waals surface area contributed by atoms with E-state index in [-0.39, 0.29) is 0 Å². The van der Waals surface area contributed by atoms with Crippen LogP contribution in [0.5, 0.6) is 5.75 Å². The van der Waals surface area contributed by atoms with Crippen molar-refractivity contribution >= 4 is 93.6 Å². The highest BCUT2D eigenvalue weighted by atomic mass is 16.3. The van der Waals surface area contributed by atoms with E-state index < -0.39 is 0 Å². The number of nitrogens with zero attached hydrogens (tertiary/aromatic N) is 3. The summed E-state index contributed by atoms with van der Waals surface area (Å²) in [5.41, 5.74) is 27.0. The fourth-order valence-corrected chi connectivity index (χ4v) is 15.4. The zero-order valence-electron chi connectivity index (χ0n) is 59.9. The molecule has 516 valence electrons. The van der Waals surface area contributed by atoms with Crippen molar-refractivity contribution in [3.8, 4) is 83.9 Å². The summed E-state index contributed by atoms with van der Waals surface area (Å²) < 4.78 is 4.74. The third kappa shape index (κ3) is 13.6. The van der Waals surface area contributed by atoms with Crippen LogP contribution in [0.15, 0.2) is 437 Å². The fourth-order valence-electron chi connectivity index (χ4n) is 15.4. The molecule has 20 rings (SSSR count). The van der Waals surface area contributed by atoms with Gasteiger partial charge in [-0.15, -0.1) is 0 Å². The van der Waals surface area contributed by atoms with Gasteiger partial charge in [-0.05, 0) is 210 Å². The van der Waals surface area contributed by atoms with Gasteiger partial charge in [0.2, 0.25) is 0 Å². The Kier molecular flexibility index (Phi) is 18.2. The maximum atomic E-state index is 9.32. The number of para-hydroxylation sites is 4. The minimum Gasteiger partial charge on any atom is -0.508 e. The molecule has 0 aliphatic heterocycles. The van der Waals surface area contributed by atoms with Crippen LogP contribution in [-0.2, 0) is 0 Å². The third-order valence-corrected chi connectivity index (χ3v) is 20.8. The number of aromatic nitrogens is 2. The number of hydrogen-bond donors (Lipinski definition) is 2. The molecule has 0 radical (unpaired) electrons. The van der Waals surface area contributed by atoms with Gasteiger partial charge in [-0.1, -0.05) is 315 Å². The molecule has 0 spiro atoms. The van der Waals surface area contributed by atoms with Crippen molar-refractivity contribution in [3.05, 3.63) is 437 Å². The second-order valence-electron chi connectivity index (χ2n) is 27.4. The van der Waals surface area contributed by atoms with Gasteiger partial charge in [0.25, 0.3) is 0 Å². The largest absolute Gasteiger partial charge is 0.508 e. The van der Waals surface area contributed by atoms with Gasteiger partial charge in [0, 0.05) is 61.4 Å². The Labute approximate surface area is 634 Å². The number of hydrogen-bond acceptors (Lipinski definition) is 3. The molecule has 5 heteroatoms. The monoisotopic (exact) mass is 1390 g/mol. The van der Waals surface area contributed by atoms with Gasteiger partial charge in [0.15, 0.2) is 0 Å². The lowest BCUT2D eigenvalue weighted by atomic mass is 9.98. The summed E-state index contributed by atoms with van der Waals surface area (Å²) in [6.45, 7) is 0. The van der Waals surface area contributed by atoms with E-state index in [1.165, 1.54) is 132 Å². The minimum atomic E-state index is 0.300. The van der Waals surface area contributed by atoms with Crippen LogP contribution >= 0.6 is 0 Å². The standard InChI is InChI=1S/C52H36N2.C36H26N2.C16H12O/c1-2-12-37(13-3-1)38-24-30-43(31-25-38)53(45-34-28-41(29-35-45)48-21-11-15-40-14-4-5-18-47(40)48)44-32-26-39(27-33-44)42-16-10-17-46(36-42)54-51-22-8-6-19-49(51)50-20-7-9-23-52(50)54;1-2-9-26(10-3-1)27-17-21-30(22-18-27)37-31-23-19-28(20-24-31)29-11-8-12-32(25-29)38-35-15-6-4-13-33(35)34-14-5-7-16-36(34)38;17-14-10-8-13(9-11-14)16-7-3-5-12-4-1-2-6-15(12)16/h1-36H;1-25,37H;1-11,17H. The van der Waals surface area contributed by atoms with Gasteiger partial charge in [0.05, 0.1) is 22.1 Å². The molecule has 109 heavy (non-hydrogen) atoms. The van der Waals surface area contributed by atoms with E-state index in [0.717, 1.165) is 39.7 Å². The number of phenolic OH excluding ortho intramolecular Hbond substituents is 1. The molecule has 5 nitrogen and oxygen atoms in total. The highest BCUT2D eigenvalue weighted by molar-refractivity contribution is 6.10. The third-order valence-electron chi connectivity index (χ3n) is 20.8. The van der Waals surface area contributed by atoms with Crippen LogP contribution in [0, 0.1) is 0 Å². The Morgan fingerprint density at radius 2 is 0.468 bits per heavy atom. The smallest absolute Gasteiger partial charge is 0.115 e. The number of benzene rings is 18. The van der Waals surface area contributed by atoms with E-state index in [1.807, 2.05) is 30.3 Å². The van der Waals surface area contributed by atoms with Crippen molar-refractivity contribution in [3.63, 3.8) is 0 Å². The lowest BCUT2D eigenvalue weighted by molar-refractivity contribution is 0.475. The maximum Gasteiger partial charge on any atom is 0.115 e. The SMILES string of the molecule is Oc1ccc(-c2cccc3ccccc23)cc1.c1ccc(-c2ccc(N(c3ccc(-c4cccc(-n5c6ccccc6c6ccccc65)c4)cc3)c3ccc(-c4cccc5ccccc45)cc3)cc2)cc1.c1ccc(-c2ccc(Nc3ccc(-c4cccc(-n5c6ccccc6c6ccccc65)c4)cc3)cc2)cc1. The Bertz CT molecular complexity index is 6470. The van der Waals surface area contributed by atoms with Crippen molar-refractivity contribution in [2.45, 2.75) is 0 Å². The molecule has 2 aromatic heterocycles. The zero-order valence-corrected chi connectivity index (χ0v) is 59.9. The average Bonchev–Trinajstić information content (AvgIpc) is 1.61. The van der Waals surface area contributed by atoms with Gasteiger partial charge < -0.3 is 24.5 Å². The molecular weight excluding hydrogens is 1320 g/mol. The van der Waals surface area contributed by atoms with Crippen LogP contribution in [0.25, 0.3) is 143 Å². The second kappa shape index (κ2) is 29.9. The molecule has 0 aliphatic rings. The molecule has 0 saturated heterocycles. The molecule has 0 bridgehead atoms. The number of phenols is 1. The molecule has 2 N–H and O–H groups in total. The van der Waals surface area contributed by atoms with Crippen LogP contribution in [0.1, 0.15) is 0 Å². The van der Waals surface area contributed by atoms with Gasteiger partial charge in [0.1, 0.15) is 5.75 Å². The molecule has 0 unspecified atom stereocenters. The average molecular weight is 1400 g/mol. The summed E-state index contributed by atoms with van der Waals surface area (Å²) in [6.07, 6.45) is 0. The van der Waals surface area contributed by atoms with Gasteiger partial charge in [-0.25, -0.2) is 0 Å². The second-order valence-corrected chi connectivity index (χ2v) is 27.4. The molecule has 0 saturated carbocycles. The Hall–Kier alpha value is -14.5. The number of fused-ring (bicyclic) bond motifs is 8. The predicted octanol–water partition coefficient (Wildman–Crippen LogP) is 28.5. The lowest BCUT2D eigenvalue weighted by Gasteiger charge is -2.26. The highest BCUT2D eigenvalue weighted by Crippen LogP contribution is 2.41. The first-order valence-electron chi connectivity index (χ1n) is 37.1. The normalized spacial score (nSPS) is 11.2. The maximum absolute atomic E-state index is 9.32. The summed E-state index contributed by atoms with van der Waals surface area (Å²) >= 11 is 0. The number of anilines is 5. The molecule has 0 fully saturated rings. The molecule has 18 aromatic carbocycles. The number of nitrogens with one attached hydrogen (secondary N) is 1. The van der Waals surface area contributed by atoms with Crippen LogP contribution in [0.4, 0.5) is 28.4 Å². The topological polar surface area (TPSA) is 45.4 Å². The van der Waals surface area contributed by atoms with E-state index in [1.54, 1.807) is 12.1 Å². The van der Waals surface area contributed by atoms with Gasteiger partial charge in [-0.2, -0.15) is 0 Å². The fraction of sp³-hybridized carbons (Fsp3) is 0. The first-order valence-corrected chi connectivity index (χ1v) is 37.1. The first-order chi connectivity index (χ1) is 54.0. The van der Waals surface area contributed by atoms with Crippen LogP contribution < -0.4 is 10.2 Å². The molecule has 0 aliphatic carbocycles. The van der Waals surface area contributed by atoms with Crippen molar-refractivity contribution in [2.75, 3.05) is 10.2 Å². The summed E-state index contributed by atoms with van der Waals surface area (Å²) in [7, 11) is 0. The Morgan fingerprint density at radius 1 is 0.202 bits per heavy atom. The predicted molar refractivity (Wildman–Crippen MR) is 462 cm³/mol. The number of aromatic hydroxyl groups is 1. The Balaban J connectivity index is 0.000000131. The summed E-state index contributed by atoms with van der Waals surface area (Å²) in [5.74, 6) is 0.300. The molecule has 0 atom stereocenters. The Morgan fingerprint density at radius 3 is 0.844 bits per heavy atom. The molecule has 2 heterocycles. The van der Waals surface area contributed by atoms with Crippen molar-refractivity contribution in [1.29, 1.82) is 0 Å². The van der Waals surface area contributed by atoms with Crippen LogP contribution in [0.3, 0.4) is 0 Å². The van der Waals surface area contributed by atoms with Crippen molar-refractivity contribution < 1.29 is 5.11 Å². The first kappa shape index (κ1) is 66.4. The van der Waals surface area contributed by atoms with Gasteiger partial charge in [-0.3, -0.25) is 0 Å². The number of rotatable bonds is 13. The van der Waals surface area contributed by atoms with Crippen molar-refractivity contribution in [2.24, 2.45) is 0 Å².